The molecule has 10 nitrogen and oxygen atoms in total. The van der Waals surface area contributed by atoms with Crippen molar-refractivity contribution >= 4 is 45.2 Å². The molecule has 1 N–H and O–H groups in total. The number of aromatic amines is 1. The standard InChI is InChI=1S/C33H36N6O4/c1-6-39-27-10-8-23(17-28(27)36(5)31(41)33(3,4)32(39)42)19-37(18-22-7-9-25-26(16-22)35-20-34-25)13-14-38-12-11-29-24(30(38)40)15-21(2)43-29/h7-12,15-17,20H,6,13-14,18-19H2,1-5H3,(H,34,35). The lowest BCUT2D eigenvalue weighted by Gasteiger charge is -2.27. The van der Waals surface area contributed by atoms with Crippen LogP contribution >= 0.6 is 0 Å². The summed E-state index contributed by atoms with van der Waals surface area (Å²) in [4.78, 5) is 53.0. The summed E-state index contributed by atoms with van der Waals surface area (Å²) in [5, 5.41) is 0.576. The van der Waals surface area contributed by atoms with E-state index in [2.05, 4.69) is 27.0 Å². The Kier molecular flexibility index (Phi) is 7.17. The molecule has 0 spiro atoms. The molecule has 0 saturated carbocycles. The minimum absolute atomic E-state index is 0.0793. The summed E-state index contributed by atoms with van der Waals surface area (Å²) in [5.41, 5.74) is 4.74. The summed E-state index contributed by atoms with van der Waals surface area (Å²) in [7, 11) is 1.73. The number of amides is 2. The highest BCUT2D eigenvalue weighted by Gasteiger charge is 2.45. The number of pyridine rings is 1. The van der Waals surface area contributed by atoms with E-state index in [0.717, 1.165) is 27.8 Å². The first-order chi connectivity index (χ1) is 20.6. The van der Waals surface area contributed by atoms with E-state index >= 15 is 0 Å². The van der Waals surface area contributed by atoms with Crippen LogP contribution in [-0.4, -0.2) is 51.4 Å². The quantitative estimate of drug-likeness (QED) is 0.263. The first-order valence-electron chi connectivity index (χ1n) is 14.5. The number of fused-ring (bicyclic) bond motifs is 3. The van der Waals surface area contributed by atoms with E-state index in [9.17, 15) is 14.4 Å². The molecule has 43 heavy (non-hydrogen) atoms. The number of imidazole rings is 1. The molecule has 0 radical (unpaired) electrons. The Hall–Kier alpha value is -4.70. The van der Waals surface area contributed by atoms with Gasteiger partial charge in [-0.1, -0.05) is 12.1 Å². The van der Waals surface area contributed by atoms with Crippen LogP contribution in [-0.2, 0) is 29.2 Å². The predicted molar refractivity (Wildman–Crippen MR) is 167 cm³/mol. The van der Waals surface area contributed by atoms with Crippen LogP contribution in [0.1, 0.15) is 37.7 Å². The second-order valence-corrected chi connectivity index (χ2v) is 11.8. The summed E-state index contributed by atoms with van der Waals surface area (Å²) in [5.74, 6) is 0.267. The fourth-order valence-electron chi connectivity index (χ4n) is 5.98. The number of furan rings is 1. The fraction of sp³-hybridized carbons (Fsp3) is 0.333. The second kappa shape index (κ2) is 10.9. The highest BCUT2D eigenvalue weighted by Crippen LogP contribution is 2.39. The van der Waals surface area contributed by atoms with Crippen LogP contribution < -0.4 is 15.4 Å². The minimum atomic E-state index is -1.16. The van der Waals surface area contributed by atoms with Crippen molar-refractivity contribution in [3.63, 3.8) is 0 Å². The molecule has 2 aromatic carbocycles. The second-order valence-electron chi connectivity index (χ2n) is 11.8. The number of aromatic nitrogens is 3. The average Bonchev–Trinajstić information content (AvgIpc) is 3.61. The van der Waals surface area contributed by atoms with Crippen LogP contribution in [0.3, 0.4) is 0 Å². The van der Waals surface area contributed by atoms with Gasteiger partial charge in [0, 0.05) is 46.0 Å². The molecule has 2 amide bonds. The van der Waals surface area contributed by atoms with Gasteiger partial charge in [-0.2, -0.15) is 0 Å². The van der Waals surface area contributed by atoms with E-state index in [1.165, 1.54) is 0 Å². The van der Waals surface area contributed by atoms with Crippen molar-refractivity contribution in [1.82, 2.24) is 19.4 Å². The molecule has 0 unspecified atom stereocenters. The number of anilines is 2. The number of H-pyrrole nitrogens is 1. The number of hydrogen-bond donors (Lipinski definition) is 1. The average molecular weight is 581 g/mol. The molecule has 1 aliphatic heterocycles. The van der Waals surface area contributed by atoms with Crippen LogP contribution in [0.2, 0.25) is 0 Å². The predicted octanol–water partition coefficient (Wildman–Crippen LogP) is 4.84. The normalized spacial score (nSPS) is 15.1. The molecule has 5 aromatic rings. The van der Waals surface area contributed by atoms with E-state index in [1.807, 2.05) is 44.2 Å². The SMILES string of the molecule is CCN1C(=O)C(C)(C)C(=O)N(C)c2cc(CN(CCn3ccc4oc(C)cc4c3=O)Cc3ccc4[nH]cnc4c3)ccc21. The molecular weight excluding hydrogens is 544 g/mol. The van der Waals surface area contributed by atoms with E-state index in [0.29, 0.717) is 55.1 Å². The Morgan fingerprint density at radius 3 is 2.47 bits per heavy atom. The summed E-state index contributed by atoms with van der Waals surface area (Å²) < 4.78 is 7.36. The zero-order chi connectivity index (χ0) is 30.5. The zero-order valence-electron chi connectivity index (χ0n) is 25.2. The van der Waals surface area contributed by atoms with E-state index in [1.54, 1.807) is 53.9 Å². The van der Waals surface area contributed by atoms with Crippen LogP contribution in [0, 0.1) is 12.3 Å². The number of hydrogen-bond acceptors (Lipinski definition) is 6. The Balaban J connectivity index is 1.32. The van der Waals surface area contributed by atoms with Gasteiger partial charge in [-0.15, -0.1) is 0 Å². The number of benzene rings is 2. The van der Waals surface area contributed by atoms with Crippen LogP contribution in [0.15, 0.2) is 70.3 Å². The van der Waals surface area contributed by atoms with Gasteiger partial charge in [-0.05, 0) is 75.2 Å². The number of nitrogens with one attached hydrogen (secondary N) is 1. The number of carbonyl (C=O) groups is 2. The van der Waals surface area contributed by atoms with Gasteiger partial charge in [0.05, 0.1) is 34.1 Å². The fourth-order valence-corrected chi connectivity index (χ4v) is 5.98. The topological polar surface area (TPSA) is 108 Å². The van der Waals surface area contributed by atoms with Gasteiger partial charge in [-0.25, -0.2) is 4.98 Å². The number of carbonyl (C=O) groups excluding carboxylic acids is 2. The molecule has 6 rings (SSSR count). The first kappa shape index (κ1) is 28.4. The van der Waals surface area contributed by atoms with Gasteiger partial charge in [0.25, 0.3) is 5.56 Å². The van der Waals surface area contributed by atoms with Gasteiger partial charge in [0.1, 0.15) is 16.8 Å². The highest BCUT2D eigenvalue weighted by molar-refractivity contribution is 6.19. The molecule has 222 valence electrons. The third-order valence-corrected chi connectivity index (χ3v) is 8.36. The van der Waals surface area contributed by atoms with Crippen molar-refractivity contribution in [2.75, 3.05) is 29.9 Å². The smallest absolute Gasteiger partial charge is 0.261 e. The Morgan fingerprint density at radius 2 is 1.70 bits per heavy atom. The van der Waals surface area contributed by atoms with Gasteiger partial charge in [0.15, 0.2) is 0 Å². The molecule has 10 heteroatoms. The van der Waals surface area contributed by atoms with Crippen LogP contribution in [0.5, 0.6) is 0 Å². The minimum Gasteiger partial charge on any atom is -0.461 e. The summed E-state index contributed by atoms with van der Waals surface area (Å²) in [6.45, 7) is 9.87. The number of aryl methyl sites for hydroxylation is 1. The van der Waals surface area contributed by atoms with Crippen molar-refractivity contribution < 1.29 is 14.0 Å². The molecule has 0 fully saturated rings. The number of nitrogens with zero attached hydrogens (tertiary/aromatic N) is 5. The van der Waals surface area contributed by atoms with E-state index < -0.39 is 5.41 Å². The van der Waals surface area contributed by atoms with Crippen LogP contribution in [0.25, 0.3) is 22.0 Å². The van der Waals surface area contributed by atoms with Crippen molar-refractivity contribution in [1.29, 1.82) is 0 Å². The van der Waals surface area contributed by atoms with Crippen LogP contribution in [0.4, 0.5) is 11.4 Å². The lowest BCUT2D eigenvalue weighted by molar-refractivity contribution is -0.137. The third-order valence-electron chi connectivity index (χ3n) is 8.36. The van der Waals surface area contributed by atoms with Crippen molar-refractivity contribution in [3.8, 4) is 0 Å². The molecular formula is C33H36N6O4. The Labute approximate surface area is 249 Å². The van der Waals surface area contributed by atoms with Crippen molar-refractivity contribution in [2.24, 2.45) is 5.41 Å². The maximum absolute atomic E-state index is 13.4. The Bertz CT molecular complexity index is 1920. The monoisotopic (exact) mass is 580 g/mol. The molecule has 0 saturated heterocycles. The zero-order valence-corrected chi connectivity index (χ0v) is 25.2. The summed E-state index contributed by atoms with van der Waals surface area (Å²) in [6, 6.07) is 15.7. The van der Waals surface area contributed by atoms with E-state index in [-0.39, 0.29) is 17.4 Å². The van der Waals surface area contributed by atoms with Crippen molar-refractivity contribution in [2.45, 2.75) is 47.3 Å². The van der Waals surface area contributed by atoms with E-state index in [4.69, 9.17) is 4.42 Å². The molecule has 0 aliphatic carbocycles. The molecule has 3 aromatic heterocycles. The molecule has 4 heterocycles. The lowest BCUT2D eigenvalue weighted by Crippen LogP contribution is -2.47. The summed E-state index contributed by atoms with van der Waals surface area (Å²) in [6.07, 6.45) is 3.47. The molecule has 0 bridgehead atoms. The maximum Gasteiger partial charge on any atom is 0.261 e. The number of rotatable bonds is 8. The van der Waals surface area contributed by atoms with Gasteiger partial charge >= 0.3 is 0 Å². The third kappa shape index (κ3) is 5.12. The van der Waals surface area contributed by atoms with Gasteiger partial charge < -0.3 is 23.8 Å². The van der Waals surface area contributed by atoms with Crippen molar-refractivity contribution in [3.05, 3.63) is 88.3 Å². The largest absolute Gasteiger partial charge is 0.461 e. The first-order valence-corrected chi connectivity index (χ1v) is 14.5. The van der Waals surface area contributed by atoms with Gasteiger partial charge in [0.2, 0.25) is 11.8 Å². The van der Waals surface area contributed by atoms with Gasteiger partial charge in [-0.3, -0.25) is 19.3 Å². The maximum atomic E-state index is 13.4. The Morgan fingerprint density at radius 1 is 0.953 bits per heavy atom. The highest BCUT2D eigenvalue weighted by atomic mass is 16.3. The molecule has 1 aliphatic rings. The molecule has 0 atom stereocenters. The summed E-state index contributed by atoms with van der Waals surface area (Å²) >= 11 is 0. The lowest BCUT2D eigenvalue weighted by atomic mass is 9.90.